The van der Waals surface area contributed by atoms with Crippen molar-refractivity contribution in [3.8, 4) is 11.5 Å². The highest BCUT2D eigenvalue weighted by Crippen LogP contribution is 2.33. The lowest BCUT2D eigenvalue weighted by Gasteiger charge is -2.19. The van der Waals surface area contributed by atoms with E-state index in [1.54, 1.807) is 12.1 Å². The summed E-state index contributed by atoms with van der Waals surface area (Å²) < 4.78 is 35.2. The zero-order valence-electron chi connectivity index (χ0n) is 16.9. The molecule has 1 aromatic heterocycles. The summed E-state index contributed by atoms with van der Waals surface area (Å²) in [6, 6.07) is 11.9. The highest BCUT2D eigenvalue weighted by Gasteiger charge is 2.21. The lowest BCUT2D eigenvalue weighted by Crippen LogP contribution is -2.31. The summed E-state index contributed by atoms with van der Waals surface area (Å²) in [5.41, 5.74) is 2.00. The van der Waals surface area contributed by atoms with Gasteiger partial charge in [0.1, 0.15) is 5.82 Å². The van der Waals surface area contributed by atoms with E-state index < -0.39 is 6.61 Å². The van der Waals surface area contributed by atoms with Crippen LogP contribution in [0.15, 0.2) is 48.5 Å². The van der Waals surface area contributed by atoms with Crippen LogP contribution in [0, 0.1) is 5.92 Å². The quantitative estimate of drug-likeness (QED) is 0.523. The predicted octanol–water partition coefficient (Wildman–Crippen LogP) is 4.70. The van der Waals surface area contributed by atoms with Crippen molar-refractivity contribution in [1.29, 1.82) is 0 Å². The minimum atomic E-state index is -3.01. The van der Waals surface area contributed by atoms with Gasteiger partial charge >= 0.3 is 6.61 Å². The van der Waals surface area contributed by atoms with Crippen LogP contribution in [-0.4, -0.2) is 29.6 Å². The number of aromatic amines is 1. The Morgan fingerprint density at radius 1 is 1.17 bits per heavy atom. The van der Waals surface area contributed by atoms with Crippen LogP contribution >= 0.6 is 0 Å². The number of hydrogen-bond donors (Lipinski definition) is 2. The molecule has 0 fully saturated rings. The third kappa shape index (κ3) is 4.94. The van der Waals surface area contributed by atoms with Gasteiger partial charge in [0.15, 0.2) is 11.5 Å². The molecule has 2 N–H and O–H groups in total. The standard InChI is InChI=1S/C22H23F2N3O3/c1-13(2)19(21-25-15-8-4-5-9-16(15)26-21)27-18(28)12-11-14-7-6-10-17(29-3)20(14)30-22(23)24/h4-13,19,22H,1-3H3,(H,25,26)(H,27,28)/t19-/m0/s1. The molecule has 3 rings (SSSR count). The molecule has 1 amide bonds. The number of H-pyrrole nitrogens is 1. The molecule has 0 aliphatic carbocycles. The van der Waals surface area contributed by atoms with Gasteiger partial charge in [-0.3, -0.25) is 4.79 Å². The number of ether oxygens (including phenoxy) is 2. The number of amides is 1. The van der Waals surface area contributed by atoms with Gasteiger partial charge in [-0.25, -0.2) is 4.98 Å². The lowest BCUT2D eigenvalue weighted by molar-refractivity contribution is -0.117. The molecule has 0 bridgehead atoms. The van der Waals surface area contributed by atoms with E-state index in [2.05, 4.69) is 20.0 Å². The normalized spacial score (nSPS) is 12.6. The molecule has 0 saturated heterocycles. The van der Waals surface area contributed by atoms with Crippen LogP contribution < -0.4 is 14.8 Å². The first kappa shape index (κ1) is 21.3. The maximum Gasteiger partial charge on any atom is 0.387 e. The number of carbonyl (C=O) groups is 1. The third-order valence-electron chi connectivity index (χ3n) is 4.52. The van der Waals surface area contributed by atoms with E-state index in [0.29, 0.717) is 11.4 Å². The van der Waals surface area contributed by atoms with Gasteiger partial charge in [-0.2, -0.15) is 8.78 Å². The molecule has 1 heterocycles. The minimum absolute atomic E-state index is 0.0671. The summed E-state index contributed by atoms with van der Waals surface area (Å²) in [7, 11) is 1.36. The molecule has 3 aromatic rings. The van der Waals surface area contributed by atoms with Gasteiger partial charge in [-0.05, 0) is 30.2 Å². The van der Waals surface area contributed by atoms with Crippen molar-refractivity contribution in [2.24, 2.45) is 5.92 Å². The molecular formula is C22H23F2N3O3. The van der Waals surface area contributed by atoms with Crippen molar-refractivity contribution in [3.05, 3.63) is 59.9 Å². The molecular weight excluding hydrogens is 392 g/mol. The summed E-state index contributed by atoms with van der Waals surface area (Å²) in [6.45, 7) is 0.928. The van der Waals surface area contributed by atoms with E-state index in [4.69, 9.17) is 4.74 Å². The zero-order valence-corrected chi connectivity index (χ0v) is 16.9. The minimum Gasteiger partial charge on any atom is -0.493 e. The molecule has 158 valence electrons. The maximum absolute atomic E-state index is 12.8. The molecule has 0 spiro atoms. The number of methoxy groups -OCH3 is 1. The summed E-state index contributed by atoms with van der Waals surface area (Å²) in [5, 5.41) is 2.91. The second kappa shape index (κ2) is 9.39. The number of imidazole rings is 1. The largest absolute Gasteiger partial charge is 0.493 e. The molecule has 2 aromatic carbocycles. The fraction of sp³-hybridized carbons (Fsp3) is 0.273. The lowest BCUT2D eigenvalue weighted by atomic mass is 10.0. The molecule has 0 aliphatic heterocycles. The number of hydrogen-bond acceptors (Lipinski definition) is 4. The first-order chi connectivity index (χ1) is 14.4. The summed E-state index contributed by atoms with van der Waals surface area (Å²) in [4.78, 5) is 20.3. The molecule has 0 saturated carbocycles. The van der Waals surface area contributed by atoms with E-state index in [1.165, 1.54) is 25.3 Å². The number of alkyl halides is 2. The van der Waals surface area contributed by atoms with Crippen molar-refractivity contribution in [2.75, 3.05) is 7.11 Å². The SMILES string of the molecule is COc1cccc(C=CC(=O)N[C@H](c2nc3ccccc3[nH]2)C(C)C)c1OC(F)F. The molecule has 8 heteroatoms. The number of halogens is 2. The van der Waals surface area contributed by atoms with Crippen molar-refractivity contribution in [3.63, 3.8) is 0 Å². The van der Waals surface area contributed by atoms with Crippen LogP contribution in [0.4, 0.5) is 8.78 Å². The first-order valence-electron chi connectivity index (χ1n) is 9.44. The van der Waals surface area contributed by atoms with E-state index in [1.807, 2.05) is 38.1 Å². The number of carbonyl (C=O) groups excluding carboxylic acids is 1. The highest BCUT2D eigenvalue weighted by atomic mass is 19.3. The Balaban J connectivity index is 1.80. The van der Waals surface area contributed by atoms with E-state index >= 15 is 0 Å². The first-order valence-corrected chi connectivity index (χ1v) is 9.44. The van der Waals surface area contributed by atoms with Crippen LogP contribution in [-0.2, 0) is 4.79 Å². The molecule has 0 aliphatic rings. The molecule has 1 atom stereocenters. The summed E-state index contributed by atoms with van der Waals surface area (Å²) >= 11 is 0. The second-order valence-corrected chi connectivity index (χ2v) is 6.96. The van der Waals surface area contributed by atoms with Gasteiger partial charge in [-0.1, -0.05) is 38.1 Å². The Kier molecular flexibility index (Phi) is 6.66. The summed E-state index contributed by atoms with van der Waals surface area (Å²) in [6.07, 6.45) is 2.68. The van der Waals surface area contributed by atoms with E-state index in [9.17, 15) is 13.6 Å². The number of nitrogens with one attached hydrogen (secondary N) is 2. The number of aromatic nitrogens is 2. The Morgan fingerprint density at radius 3 is 2.60 bits per heavy atom. The number of fused-ring (bicyclic) bond motifs is 1. The Morgan fingerprint density at radius 2 is 1.93 bits per heavy atom. The number of rotatable bonds is 8. The molecule has 0 unspecified atom stereocenters. The van der Waals surface area contributed by atoms with Gasteiger partial charge in [0.2, 0.25) is 5.91 Å². The van der Waals surface area contributed by atoms with Crippen molar-refractivity contribution < 1.29 is 23.0 Å². The van der Waals surface area contributed by atoms with Gasteiger partial charge in [0.05, 0.1) is 24.2 Å². The van der Waals surface area contributed by atoms with Crippen molar-refractivity contribution >= 4 is 23.0 Å². The Labute approximate surface area is 172 Å². The average Bonchev–Trinajstić information content (AvgIpc) is 3.14. The molecule has 6 nitrogen and oxygen atoms in total. The van der Waals surface area contributed by atoms with E-state index in [-0.39, 0.29) is 29.4 Å². The number of para-hydroxylation sites is 3. The van der Waals surface area contributed by atoms with Crippen LogP contribution in [0.5, 0.6) is 11.5 Å². The number of nitrogens with zero attached hydrogens (tertiary/aromatic N) is 1. The van der Waals surface area contributed by atoms with Crippen molar-refractivity contribution in [2.45, 2.75) is 26.5 Å². The summed E-state index contributed by atoms with van der Waals surface area (Å²) in [5.74, 6) is 0.352. The average molecular weight is 415 g/mol. The fourth-order valence-electron chi connectivity index (χ4n) is 3.08. The van der Waals surface area contributed by atoms with Crippen LogP contribution in [0.2, 0.25) is 0 Å². The smallest absolute Gasteiger partial charge is 0.387 e. The Bertz CT molecular complexity index is 1010. The monoisotopic (exact) mass is 415 g/mol. The third-order valence-corrected chi connectivity index (χ3v) is 4.52. The molecule has 30 heavy (non-hydrogen) atoms. The van der Waals surface area contributed by atoms with Gasteiger partial charge < -0.3 is 19.8 Å². The topological polar surface area (TPSA) is 76.2 Å². The number of benzene rings is 2. The maximum atomic E-state index is 12.8. The molecule has 0 radical (unpaired) electrons. The van der Waals surface area contributed by atoms with Crippen molar-refractivity contribution in [1.82, 2.24) is 15.3 Å². The second-order valence-electron chi connectivity index (χ2n) is 6.96. The van der Waals surface area contributed by atoms with Crippen LogP contribution in [0.25, 0.3) is 17.1 Å². The highest BCUT2D eigenvalue weighted by molar-refractivity contribution is 5.92. The van der Waals surface area contributed by atoms with Gasteiger partial charge in [0.25, 0.3) is 0 Å². The van der Waals surface area contributed by atoms with Crippen LogP contribution in [0.1, 0.15) is 31.3 Å². The Hall–Kier alpha value is -3.42. The van der Waals surface area contributed by atoms with E-state index in [0.717, 1.165) is 11.0 Å². The van der Waals surface area contributed by atoms with Crippen LogP contribution in [0.3, 0.4) is 0 Å². The van der Waals surface area contributed by atoms with Gasteiger partial charge in [0, 0.05) is 11.6 Å². The zero-order chi connectivity index (χ0) is 21.7. The predicted molar refractivity (Wildman–Crippen MR) is 110 cm³/mol. The fourth-order valence-corrected chi connectivity index (χ4v) is 3.08. The van der Waals surface area contributed by atoms with Gasteiger partial charge in [-0.15, -0.1) is 0 Å².